The van der Waals surface area contributed by atoms with E-state index in [0.29, 0.717) is 5.92 Å². The van der Waals surface area contributed by atoms with Gasteiger partial charge in [0.2, 0.25) is 0 Å². The number of nitrogens with one attached hydrogen (secondary N) is 1. The van der Waals surface area contributed by atoms with Gasteiger partial charge in [-0.05, 0) is 45.1 Å². The zero-order valence-corrected chi connectivity index (χ0v) is 13.5. The van der Waals surface area contributed by atoms with E-state index in [4.69, 9.17) is 4.74 Å². The third-order valence-corrected chi connectivity index (χ3v) is 5.93. The molecule has 1 aliphatic carbocycles. The first kappa shape index (κ1) is 16.9. The molecule has 5 heteroatoms. The number of ether oxygens (including phenoxy) is 1. The molecule has 0 amide bonds. The van der Waals surface area contributed by atoms with Crippen molar-refractivity contribution in [2.24, 2.45) is 5.92 Å². The Bertz CT molecular complexity index is 356. The van der Waals surface area contributed by atoms with Crippen LogP contribution in [0.4, 0.5) is 0 Å². The van der Waals surface area contributed by atoms with Crippen LogP contribution in [0.15, 0.2) is 0 Å². The van der Waals surface area contributed by atoms with E-state index >= 15 is 0 Å². The van der Waals surface area contributed by atoms with E-state index in [-0.39, 0.29) is 17.4 Å². The lowest BCUT2D eigenvalue weighted by Gasteiger charge is -2.37. The topological polar surface area (TPSA) is 55.4 Å². The lowest BCUT2D eigenvalue weighted by Crippen LogP contribution is -2.48. The second kappa shape index (κ2) is 7.60. The molecule has 1 aliphatic rings. The molecule has 0 heterocycles. The zero-order chi connectivity index (χ0) is 14.5. The van der Waals surface area contributed by atoms with Gasteiger partial charge in [-0.1, -0.05) is 13.3 Å². The van der Waals surface area contributed by atoms with Crippen molar-refractivity contribution in [1.82, 2.24) is 5.32 Å². The van der Waals surface area contributed by atoms with Gasteiger partial charge in [-0.15, -0.1) is 0 Å². The third kappa shape index (κ3) is 5.04. The number of hydrogen-bond acceptors (Lipinski definition) is 4. The molecule has 1 saturated carbocycles. The van der Waals surface area contributed by atoms with Crippen molar-refractivity contribution in [1.29, 1.82) is 0 Å². The summed E-state index contributed by atoms with van der Waals surface area (Å²) < 4.78 is 29.0. The van der Waals surface area contributed by atoms with Crippen LogP contribution in [-0.2, 0) is 14.6 Å². The molecule has 1 fully saturated rings. The van der Waals surface area contributed by atoms with Crippen molar-refractivity contribution in [3.8, 4) is 0 Å². The number of hydrogen-bond donors (Lipinski definition) is 1. The molecule has 0 spiro atoms. The lowest BCUT2D eigenvalue weighted by atomic mass is 9.81. The van der Waals surface area contributed by atoms with E-state index in [1.165, 1.54) is 6.26 Å². The fourth-order valence-corrected chi connectivity index (χ4v) is 4.26. The largest absolute Gasteiger partial charge is 0.380 e. The fourth-order valence-electron chi connectivity index (χ4n) is 3.07. The summed E-state index contributed by atoms with van der Waals surface area (Å²) in [5.41, 5.74) is 0. The van der Waals surface area contributed by atoms with E-state index < -0.39 is 9.84 Å². The van der Waals surface area contributed by atoms with E-state index in [0.717, 1.165) is 38.6 Å². The number of sulfone groups is 1. The molecular formula is C14H29NO3S. The van der Waals surface area contributed by atoms with Gasteiger partial charge < -0.3 is 10.1 Å². The van der Waals surface area contributed by atoms with Crippen LogP contribution in [0.2, 0.25) is 0 Å². The molecule has 0 aromatic heterocycles. The molecule has 0 aliphatic heterocycles. The van der Waals surface area contributed by atoms with Crippen molar-refractivity contribution >= 4 is 9.84 Å². The van der Waals surface area contributed by atoms with E-state index in [1.807, 2.05) is 0 Å². The number of methoxy groups -OCH3 is 1. The Kier molecular flexibility index (Phi) is 6.77. The van der Waals surface area contributed by atoms with Crippen molar-refractivity contribution in [2.75, 3.05) is 19.9 Å². The summed E-state index contributed by atoms with van der Waals surface area (Å²) in [5, 5.41) is 3.38. The van der Waals surface area contributed by atoms with Gasteiger partial charge in [0.25, 0.3) is 0 Å². The standard InChI is InChI=1S/C14H29NO3S/c1-5-9-15-14(11(2)18-3)12-7-6-8-13(10-12)19(4,16)17/h11-15H,5-10H2,1-4H3. The van der Waals surface area contributed by atoms with Crippen molar-refractivity contribution in [3.63, 3.8) is 0 Å². The number of rotatable bonds is 7. The minimum absolute atomic E-state index is 0.120. The molecule has 1 N–H and O–H groups in total. The Morgan fingerprint density at radius 3 is 2.58 bits per heavy atom. The first-order valence-electron chi connectivity index (χ1n) is 7.35. The van der Waals surface area contributed by atoms with Crippen molar-refractivity contribution in [2.45, 2.75) is 63.3 Å². The summed E-state index contributed by atoms with van der Waals surface area (Å²) >= 11 is 0. The molecule has 0 aromatic carbocycles. The van der Waals surface area contributed by atoms with Gasteiger partial charge in [0.05, 0.1) is 11.4 Å². The SMILES string of the molecule is CCCNC(C1CCCC(S(C)(=O)=O)C1)C(C)OC. The Morgan fingerprint density at radius 2 is 2.05 bits per heavy atom. The normalized spacial score (nSPS) is 28.0. The predicted molar refractivity (Wildman–Crippen MR) is 79.1 cm³/mol. The highest BCUT2D eigenvalue weighted by Gasteiger charge is 2.34. The second-order valence-corrected chi connectivity index (χ2v) is 8.12. The van der Waals surface area contributed by atoms with Gasteiger partial charge in [0, 0.05) is 19.4 Å². The molecule has 0 aromatic rings. The van der Waals surface area contributed by atoms with E-state index in [2.05, 4.69) is 19.2 Å². The molecule has 114 valence electrons. The van der Waals surface area contributed by atoms with Gasteiger partial charge in [0.1, 0.15) is 9.84 Å². The quantitative estimate of drug-likeness (QED) is 0.779. The summed E-state index contributed by atoms with van der Waals surface area (Å²) in [6, 6.07) is 0.259. The van der Waals surface area contributed by atoms with E-state index in [9.17, 15) is 8.42 Å². The van der Waals surface area contributed by atoms with Crippen LogP contribution in [-0.4, -0.2) is 45.7 Å². The van der Waals surface area contributed by atoms with Gasteiger partial charge >= 0.3 is 0 Å². The van der Waals surface area contributed by atoms with Crippen molar-refractivity contribution in [3.05, 3.63) is 0 Å². The maximum atomic E-state index is 11.8. The molecule has 4 atom stereocenters. The maximum absolute atomic E-state index is 11.8. The fraction of sp³-hybridized carbons (Fsp3) is 1.00. The molecule has 0 radical (unpaired) electrons. The van der Waals surface area contributed by atoms with Gasteiger partial charge in [-0.3, -0.25) is 0 Å². The Balaban J connectivity index is 2.72. The molecule has 1 rings (SSSR count). The summed E-state index contributed by atoms with van der Waals surface area (Å²) in [7, 11) is -1.19. The van der Waals surface area contributed by atoms with Crippen LogP contribution >= 0.6 is 0 Å². The molecule has 19 heavy (non-hydrogen) atoms. The smallest absolute Gasteiger partial charge is 0.150 e. The second-order valence-electron chi connectivity index (χ2n) is 5.80. The minimum Gasteiger partial charge on any atom is -0.380 e. The van der Waals surface area contributed by atoms with Gasteiger partial charge in [-0.2, -0.15) is 0 Å². The maximum Gasteiger partial charge on any atom is 0.150 e. The van der Waals surface area contributed by atoms with Crippen LogP contribution < -0.4 is 5.32 Å². The molecule has 0 bridgehead atoms. The highest BCUT2D eigenvalue weighted by molar-refractivity contribution is 7.91. The first-order chi connectivity index (χ1) is 8.90. The highest BCUT2D eigenvalue weighted by Crippen LogP contribution is 2.32. The third-order valence-electron chi connectivity index (χ3n) is 4.29. The minimum atomic E-state index is -2.91. The molecule has 0 saturated heterocycles. The molecule has 4 nitrogen and oxygen atoms in total. The van der Waals surface area contributed by atoms with Crippen LogP contribution in [0.1, 0.15) is 46.0 Å². The lowest BCUT2D eigenvalue weighted by molar-refractivity contribution is 0.0527. The Hall–Kier alpha value is -0.130. The van der Waals surface area contributed by atoms with Crippen LogP contribution in [0.5, 0.6) is 0 Å². The summed E-state index contributed by atoms with van der Waals surface area (Å²) in [6.45, 7) is 5.16. The van der Waals surface area contributed by atoms with E-state index in [1.54, 1.807) is 7.11 Å². The summed E-state index contributed by atoms with van der Waals surface area (Å²) in [6.07, 6.45) is 6.26. The molecule has 4 unspecified atom stereocenters. The molecular weight excluding hydrogens is 262 g/mol. The van der Waals surface area contributed by atoms with Crippen LogP contribution in [0.25, 0.3) is 0 Å². The average molecular weight is 291 g/mol. The first-order valence-corrected chi connectivity index (χ1v) is 9.30. The Morgan fingerprint density at radius 1 is 1.37 bits per heavy atom. The van der Waals surface area contributed by atoms with Crippen LogP contribution in [0.3, 0.4) is 0 Å². The van der Waals surface area contributed by atoms with Gasteiger partial charge in [-0.25, -0.2) is 8.42 Å². The zero-order valence-electron chi connectivity index (χ0n) is 12.7. The van der Waals surface area contributed by atoms with Gasteiger partial charge in [0.15, 0.2) is 0 Å². The summed E-state index contributed by atoms with van der Waals surface area (Å²) in [4.78, 5) is 0. The summed E-state index contributed by atoms with van der Waals surface area (Å²) in [5.74, 6) is 0.398. The highest BCUT2D eigenvalue weighted by atomic mass is 32.2. The predicted octanol–water partition coefficient (Wildman–Crippen LogP) is 1.99. The monoisotopic (exact) mass is 291 g/mol. The van der Waals surface area contributed by atoms with Crippen LogP contribution in [0, 0.1) is 5.92 Å². The van der Waals surface area contributed by atoms with Crippen molar-refractivity contribution < 1.29 is 13.2 Å². The average Bonchev–Trinajstić information content (AvgIpc) is 2.38. The Labute approximate surface area is 118 Å².